The number of allylic oxidation sites excluding steroid dienone is 1. The first-order chi connectivity index (χ1) is 18.9. The van der Waals surface area contributed by atoms with Gasteiger partial charge in [0.1, 0.15) is 23.9 Å². The minimum atomic E-state index is -0.757. The Morgan fingerprint density at radius 3 is 2.05 bits per heavy atom. The van der Waals surface area contributed by atoms with Crippen molar-refractivity contribution >= 4 is 35.8 Å². The fourth-order valence-electron chi connectivity index (χ4n) is 3.65. The van der Waals surface area contributed by atoms with Crippen molar-refractivity contribution in [2.24, 2.45) is 0 Å². The van der Waals surface area contributed by atoms with Crippen LogP contribution in [0.5, 0.6) is 28.7 Å². The van der Waals surface area contributed by atoms with E-state index < -0.39 is 6.09 Å². The summed E-state index contributed by atoms with van der Waals surface area (Å²) in [4.78, 5) is 22.9. The lowest BCUT2D eigenvalue weighted by Crippen LogP contribution is -2.14. The van der Waals surface area contributed by atoms with Crippen molar-refractivity contribution in [1.82, 2.24) is 0 Å². The van der Waals surface area contributed by atoms with Gasteiger partial charge >= 0.3 is 6.09 Å². The largest absolute Gasteiger partial charge is 0.507 e. The Morgan fingerprint density at radius 1 is 0.872 bits per heavy atom. The van der Waals surface area contributed by atoms with Gasteiger partial charge in [0.2, 0.25) is 5.75 Å². The molecule has 0 aliphatic rings. The molecule has 0 aliphatic heterocycles. The van der Waals surface area contributed by atoms with Gasteiger partial charge in [-0.25, -0.2) is 4.79 Å². The fourth-order valence-corrected chi connectivity index (χ4v) is 3.65. The molecule has 0 fully saturated rings. The predicted octanol–water partition coefficient (Wildman–Crippen LogP) is 5.08. The number of carbonyl (C=O) groups is 2. The van der Waals surface area contributed by atoms with Crippen LogP contribution >= 0.6 is 0 Å². The summed E-state index contributed by atoms with van der Waals surface area (Å²) in [6, 6.07) is 14.3. The number of hydrogen-bond donors (Lipinski definition) is 3. The summed E-state index contributed by atoms with van der Waals surface area (Å²) in [5.41, 5.74) is 1.82. The van der Waals surface area contributed by atoms with Gasteiger partial charge in [0.25, 0.3) is 6.47 Å². The molecule has 0 heterocycles. The lowest BCUT2D eigenvalue weighted by molar-refractivity contribution is -0.120. The van der Waals surface area contributed by atoms with Crippen LogP contribution in [0.3, 0.4) is 0 Å². The maximum absolute atomic E-state index is 12.5. The Bertz CT molecular complexity index is 1340. The number of benzene rings is 3. The highest BCUT2D eigenvalue weighted by atomic mass is 16.6. The molecule has 204 valence electrons. The van der Waals surface area contributed by atoms with Crippen molar-refractivity contribution in [1.29, 1.82) is 5.41 Å². The number of aliphatic hydroxyl groups is 1. The number of hydrogen-bond acceptors (Lipinski definition) is 10. The smallest absolute Gasteiger partial charge is 0.412 e. The molecular formula is C28H28N2O9. The van der Waals surface area contributed by atoms with E-state index in [2.05, 4.69) is 5.32 Å². The van der Waals surface area contributed by atoms with Crippen molar-refractivity contribution in [3.05, 3.63) is 71.3 Å². The normalized spacial score (nSPS) is 11.0. The molecule has 0 radical (unpaired) electrons. The lowest BCUT2D eigenvalue weighted by atomic mass is 10.00. The number of aliphatic hydroxyl groups excluding tert-OH is 1. The topological polar surface area (TPSA) is 146 Å². The number of amides is 1. The molecular weight excluding hydrogens is 508 g/mol. The van der Waals surface area contributed by atoms with E-state index in [0.29, 0.717) is 51.9 Å². The molecule has 0 saturated carbocycles. The third kappa shape index (κ3) is 6.77. The van der Waals surface area contributed by atoms with Gasteiger partial charge in [-0.2, -0.15) is 0 Å². The van der Waals surface area contributed by atoms with E-state index in [0.717, 1.165) is 6.21 Å². The highest BCUT2D eigenvalue weighted by molar-refractivity contribution is 6.17. The van der Waals surface area contributed by atoms with Crippen LogP contribution in [0, 0.1) is 5.41 Å². The molecule has 11 nitrogen and oxygen atoms in total. The monoisotopic (exact) mass is 536 g/mol. The van der Waals surface area contributed by atoms with Crippen molar-refractivity contribution in [3.8, 4) is 28.7 Å². The van der Waals surface area contributed by atoms with Gasteiger partial charge < -0.3 is 38.9 Å². The number of nitrogens with one attached hydrogen (secondary N) is 2. The van der Waals surface area contributed by atoms with Crippen LogP contribution in [0.2, 0.25) is 0 Å². The SMILES string of the molecule is COc1ccc(/C(C=N)=C(/O)c2cc(OC)c(OC)c(OC)c2)cc1NC(=O)OCc1ccc(OC=O)cc1. The second-order valence-corrected chi connectivity index (χ2v) is 7.79. The molecule has 0 bridgehead atoms. The maximum atomic E-state index is 12.5. The average molecular weight is 537 g/mol. The van der Waals surface area contributed by atoms with E-state index in [1.807, 2.05) is 0 Å². The van der Waals surface area contributed by atoms with E-state index in [4.69, 9.17) is 33.8 Å². The molecule has 0 aromatic heterocycles. The second kappa shape index (κ2) is 13.4. The molecule has 3 N–H and O–H groups in total. The Balaban J connectivity index is 1.88. The molecule has 39 heavy (non-hydrogen) atoms. The minimum Gasteiger partial charge on any atom is -0.507 e. The lowest BCUT2D eigenvalue weighted by Gasteiger charge is -2.16. The highest BCUT2D eigenvalue weighted by Gasteiger charge is 2.19. The molecule has 1 amide bonds. The van der Waals surface area contributed by atoms with E-state index in [1.165, 1.54) is 28.4 Å². The third-order valence-corrected chi connectivity index (χ3v) is 5.56. The highest BCUT2D eigenvalue weighted by Crippen LogP contribution is 2.41. The van der Waals surface area contributed by atoms with E-state index in [9.17, 15) is 14.7 Å². The summed E-state index contributed by atoms with van der Waals surface area (Å²) in [5.74, 6) is 1.48. The van der Waals surface area contributed by atoms with Gasteiger partial charge in [-0.3, -0.25) is 10.1 Å². The summed E-state index contributed by atoms with van der Waals surface area (Å²) >= 11 is 0. The van der Waals surface area contributed by atoms with Crippen LogP contribution in [0.15, 0.2) is 54.6 Å². The van der Waals surface area contributed by atoms with Gasteiger partial charge in [-0.15, -0.1) is 0 Å². The molecule has 3 rings (SSSR count). The van der Waals surface area contributed by atoms with Gasteiger partial charge in [-0.1, -0.05) is 18.2 Å². The Labute approximate surface area is 225 Å². The van der Waals surface area contributed by atoms with Crippen LogP contribution in [0.25, 0.3) is 11.3 Å². The Kier molecular flexibility index (Phi) is 9.74. The van der Waals surface area contributed by atoms with Gasteiger partial charge in [-0.05, 0) is 47.5 Å². The fraction of sp³-hybridized carbons (Fsp3) is 0.179. The summed E-state index contributed by atoms with van der Waals surface area (Å²) in [6.07, 6.45) is 0.230. The quantitative estimate of drug-likeness (QED) is 0.125. The molecule has 0 aliphatic carbocycles. The molecule has 11 heteroatoms. The second-order valence-electron chi connectivity index (χ2n) is 7.79. The number of anilines is 1. The van der Waals surface area contributed by atoms with Gasteiger partial charge in [0.15, 0.2) is 11.5 Å². The zero-order valence-corrected chi connectivity index (χ0v) is 21.8. The van der Waals surface area contributed by atoms with E-state index in [-0.39, 0.29) is 23.6 Å². The third-order valence-electron chi connectivity index (χ3n) is 5.56. The van der Waals surface area contributed by atoms with E-state index >= 15 is 0 Å². The molecule has 0 atom stereocenters. The summed E-state index contributed by atoms with van der Waals surface area (Å²) in [5, 5.41) is 21.7. The summed E-state index contributed by atoms with van der Waals surface area (Å²) < 4.78 is 31.4. The number of rotatable bonds is 12. The first-order valence-corrected chi connectivity index (χ1v) is 11.4. The average Bonchev–Trinajstić information content (AvgIpc) is 2.96. The van der Waals surface area contributed by atoms with Gasteiger partial charge in [0.05, 0.1) is 34.1 Å². The zero-order chi connectivity index (χ0) is 28.4. The molecule has 0 unspecified atom stereocenters. The van der Waals surface area contributed by atoms with Crippen molar-refractivity contribution in [2.75, 3.05) is 33.8 Å². The van der Waals surface area contributed by atoms with Crippen molar-refractivity contribution in [2.45, 2.75) is 6.61 Å². The maximum Gasteiger partial charge on any atom is 0.412 e. The minimum absolute atomic E-state index is 0.0389. The van der Waals surface area contributed by atoms with Crippen LogP contribution in [0.1, 0.15) is 16.7 Å². The first-order valence-electron chi connectivity index (χ1n) is 11.4. The number of carbonyl (C=O) groups excluding carboxylic acids is 2. The van der Waals surface area contributed by atoms with E-state index in [1.54, 1.807) is 54.6 Å². The summed E-state index contributed by atoms with van der Waals surface area (Å²) in [7, 11) is 5.82. The van der Waals surface area contributed by atoms with Gasteiger partial charge in [0, 0.05) is 17.4 Å². The molecule has 0 spiro atoms. The van der Waals surface area contributed by atoms with Crippen molar-refractivity contribution in [3.63, 3.8) is 0 Å². The van der Waals surface area contributed by atoms with Crippen LogP contribution < -0.4 is 29.0 Å². The number of ether oxygens (including phenoxy) is 6. The van der Waals surface area contributed by atoms with Crippen LogP contribution in [-0.4, -0.2) is 52.3 Å². The Morgan fingerprint density at radius 2 is 1.51 bits per heavy atom. The van der Waals surface area contributed by atoms with Crippen LogP contribution in [0.4, 0.5) is 10.5 Å². The molecule has 0 saturated heterocycles. The standard InChI is InChI=1S/C28H28N2O9/c1-34-23-10-7-18(11-22(23)30-28(33)38-15-17-5-8-20(9-6-17)39-16-31)21(14-29)26(32)19-12-24(35-2)27(37-4)25(13-19)36-3/h5-14,16,29,32H,15H2,1-4H3,(H,30,33)/b26-21+,29-14?. The molecule has 3 aromatic rings. The van der Waals surface area contributed by atoms with Crippen molar-refractivity contribution < 1.29 is 43.1 Å². The number of methoxy groups -OCH3 is 4. The summed E-state index contributed by atoms with van der Waals surface area (Å²) in [6.45, 7) is 0.284. The molecule has 3 aromatic carbocycles. The predicted molar refractivity (Wildman–Crippen MR) is 144 cm³/mol. The first kappa shape index (κ1) is 28.4. The zero-order valence-electron chi connectivity index (χ0n) is 21.8. The Hall–Kier alpha value is -5.19. The van der Waals surface area contributed by atoms with Crippen LogP contribution in [-0.2, 0) is 16.1 Å².